The molecule has 0 saturated carbocycles. The Morgan fingerprint density at radius 3 is 1.54 bits per heavy atom. The summed E-state index contributed by atoms with van der Waals surface area (Å²) in [7, 11) is 0. The Morgan fingerprint density at radius 2 is 0.962 bits per heavy atom. The van der Waals surface area contributed by atoms with Gasteiger partial charge < -0.3 is 11.5 Å². The van der Waals surface area contributed by atoms with Gasteiger partial charge in [0, 0.05) is 16.9 Å². The summed E-state index contributed by atoms with van der Waals surface area (Å²) in [6.07, 6.45) is 0. The summed E-state index contributed by atoms with van der Waals surface area (Å²) >= 11 is 0. The summed E-state index contributed by atoms with van der Waals surface area (Å²) in [5, 5.41) is 0. The van der Waals surface area contributed by atoms with Crippen LogP contribution in [0.3, 0.4) is 0 Å². The van der Waals surface area contributed by atoms with Crippen LogP contribution >= 0.6 is 0 Å². The maximum absolute atomic E-state index is 6.08. The fraction of sp³-hybridized carbons (Fsp3) is 0. The number of nitrogens with two attached hydrogens (primary N) is 2. The van der Waals surface area contributed by atoms with Crippen molar-refractivity contribution >= 4 is 11.4 Å². The van der Waals surface area contributed by atoms with E-state index >= 15 is 0 Å². The highest BCUT2D eigenvalue weighted by Crippen LogP contribution is 2.29. The Bertz CT molecular complexity index is 1030. The van der Waals surface area contributed by atoms with Gasteiger partial charge >= 0.3 is 0 Å². The highest BCUT2D eigenvalue weighted by atomic mass is 14.6. The zero-order chi connectivity index (χ0) is 17.9. The first-order valence-electron chi connectivity index (χ1n) is 8.62. The van der Waals surface area contributed by atoms with Gasteiger partial charge in [0.1, 0.15) is 0 Å². The Kier molecular flexibility index (Phi) is 4.16. The number of anilines is 2. The molecule has 126 valence electrons. The van der Waals surface area contributed by atoms with Gasteiger partial charge in [-0.3, -0.25) is 0 Å². The van der Waals surface area contributed by atoms with Crippen molar-refractivity contribution in [3.8, 4) is 33.4 Å². The molecule has 0 unspecified atom stereocenters. The van der Waals surface area contributed by atoms with Gasteiger partial charge in [-0.05, 0) is 46.0 Å². The van der Waals surface area contributed by atoms with Gasteiger partial charge in [0.2, 0.25) is 0 Å². The fourth-order valence-corrected chi connectivity index (χ4v) is 3.18. The van der Waals surface area contributed by atoms with E-state index in [1.165, 1.54) is 11.1 Å². The zero-order valence-corrected chi connectivity index (χ0v) is 14.4. The Hall–Kier alpha value is -3.52. The molecule has 0 fully saturated rings. The lowest BCUT2D eigenvalue weighted by Gasteiger charge is -2.08. The van der Waals surface area contributed by atoms with E-state index in [2.05, 4.69) is 54.6 Å². The zero-order valence-electron chi connectivity index (χ0n) is 14.4. The van der Waals surface area contributed by atoms with Crippen LogP contribution in [-0.4, -0.2) is 0 Å². The van der Waals surface area contributed by atoms with Gasteiger partial charge in [0.05, 0.1) is 0 Å². The van der Waals surface area contributed by atoms with Gasteiger partial charge in [-0.2, -0.15) is 0 Å². The molecular formula is C24H20N2. The Balaban J connectivity index is 1.61. The highest BCUT2D eigenvalue weighted by Gasteiger charge is 2.04. The minimum absolute atomic E-state index is 0.780. The van der Waals surface area contributed by atoms with Crippen LogP contribution in [0.25, 0.3) is 33.4 Å². The van der Waals surface area contributed by atoms with Crippen LogP contribution in [0.5, 0.6) is 0 Å². The lowest BCUT2D eigenvalue weighted by Crippen LogP contribution is -1.89. The standard InChI is InChI=1S/C24H20N2/c25-22-5-3-4-21(16-22)19-10-8-17(9-11-19)18-12-14-20(15-13-18)23-6-1-2-7-24(23)26/h1-16H,25-26H2. The maximum Gasteiger partial charge on any atom is 0.0393 e. The van der Waals surface area contributed by atoms with E-state index in [-0.39, 0.29) is 0 Å². The monoisotopic (exact) mass is 336 g/mol. The molecule has 26 heavy (non-hydrogen) atoms. The molecule has 0 heterocycles. The average molecular weight is 336 g/mol. The van der Waals surface area contributed by atoms with Crippen LogP contribution < -0.4 is 11.5 Å². The summed E-state index contributed by atoms with van der Waals surface area (Å²) in [5.74, 6) is 0. The summed E-state index contributed by atoms with van der Waals surface area (Å²) < 4.78 is 0. The number of nitrogen functional groups attached to an aromatic ring is 2. The number of rotatable bonds is 3. The highest BCUT2D eigenvalue weighted by molar-refractivity contribution is 5.78. The van der Waals surface area contributed by atoms with Crippen molar-refractivity contribution in [2.24, 2.45) is 0 Å². The molecule has 0 aliphatic heterocycles. The minimum Gasteiger partial charge on any atom is -0.399 e. The first-order chi connectivity index (χ1) is 12.7. The van der Waals surface area contributed by atoms with E-state index in [0.717, 1.165) is 33.6 Å². The smallest absolute Gasteiger partial charge is 0.0393 e. The molecular weight excluding hydrogens is 316 g/mol. The minimum atomic E-state index is 0.780. The predicted octanol–water partition coefficient (Wildman–Crippen LogP) is 5.85. The molecule has 4 rings (SSSR count). The number of para-hydroxylation sites is 1. The predicted molar refractivity (Wildman–Crippen MR) is 112 cm³/mol. The molecule has 2 nitrogen and oxygen atoms in total. The molecule has 0 radical (unpaired) electrons. The molecule has 0 bridgehead atoms. The lowest BCUT2D eigenvalue weighted by molar-refractivity contribution is 1.57. The molecule has 0 aliphatic carbocycles. The lowest BCUT2D eigenvalue weighted by atomic mass is 9.97. The van der Waals surface area contributed by atoms with Crippen LogP contribution in [0, 0.1) is 0 Å². The van der Waals surface area contributed by atoms with Crippen LogP contribution in [0.2, 0.25) is 0 Å². The molecule has 4 N–H and O–H groups in total. The van der Waals surface area contributed by atoms with Crippen LogP contribution in [0.4, 0.5) is 11.4 Å². The van der Waals surface area contributed by atoms with Crippen molar-refractivity contribution in [3.63, 3.8) is 0 Å². The topological polar surface area (TPSA) is 52.0 Å². The molecule has 0 spiro atoms. The van der Waals surface area contributed by atoms with E-state index in [1.54, 1.807) is 0 Å². The molecule has 0 amide bonds. The van der Waals surface area contributed by atoms with Crippen LogP contribution in [0.15, 0.2) is 97.1 Å². The summed E-state index contributed by atoms with van der Waals surface area (Å²) in [6, 6.07) is 32.9. The molecule has 0 saturated heterocycles. The quantitative estimate of drug-likeness (QED) is 0.461. The van der Waals surface area contributed by atoms with Crippen molar-refractivity contribution in [3.05, 3.63) is 97.1 Å². The van der Waals surface area contributed by atoms with E-state index in [1.807, 2.05) is 42.5 Å². The Morgan fingerprint density at radius 1 is 0.423 bits per heavy atom. The third kappa shape index (κ3) is 3.17. The Labute approximate surface area is 153 Å². The average Bonchev–Trinajstić information content (AvgIpc) is 2.69. The third-order valence-corrected chi connectivity index (χ3v) is 4.59. The maximum atomic E-state index is 6.08. The largest absolute Gasteiger partial charge is 0.399 e. The van der Waals surface area contributed by atoms with Crippen LogP contribution in [0.1, 0.15) is 0 Å². The van der Waals surface area contributed by atoms with Gasteiger partial charge in [0.25, 0.3) is 0 Å². The summed E-state index contributed by atoms with van der Waals surface area (Å²) in [6.45, 7) is 0. The first kappa shape index (κ1) is 16.0. The second kappa shape index (κ2) is 6.77. The van der Waals surface area contributed by atoms with Crippen molar-refractivity contribution in [2.75, 3.05) is 11.5 Å². The molecule has 0 aliphatic rings. The molecule has 0 atom stereocenters. The van der Waals surface area contributed by atoms with Crippen molar-refractivity contribution in [1.29, 1.82) is 0 Å². The number of benzene rings is 4. The van der Waals surface area contributed by atoms with Crippen LogP contribution in [-0.2, 0) is 0 Å². The van der Waals surface area contributed by atoms with Crippen molar-refractivity contribution < 1.29 is 0 Å². The molecule has 4 aromatic rings. The van der Waals surface area contributed by atoms with E-state index in [9.17, 15) is 0 Å². The first-order valence-corrected chi connectivity index (χ1v) is 8.62. The van der Waals surface area contributed by atoms with E-state index < -0.39 is 0 Å². The second-order valence-corrected chi connectivity index (χ2v) is 6.37. The molecule has 2 heteroatoms. The van der Waals surface area contributed by atoms with Crippen molar-refractivity contribution in [1.82, 2.24) is 0 Å². The van der Waals surface area contributed by atoms with E-state index in [4.69, 9.17) is 11.5 Å². The fourth-order valence-electron chi connectivity index (χ4n) is 3.18. The number of hydrogen-bond acceptors (Lipinski definition) is 2. The summed E-state index contributed by atoms with van der Waals surface area (Å²) in [4.78, 5) is 0. The van der Waals surface area contributed by atoms with Gasteiger partial charge in [-0.15, -0.1) is 0 Å². The van der Waals surface area contributed by atoms with Crippen molar-refractivity contribution in [2.45, 2.75) is 0 Å². The SMILES string of the molecule is Nc1cccc(-c2ccc(-c3ccc(-c4ccccc4N)cc3)cc2)c1. The molecule has 0 aromatic heterocycles. The summed E-state index contributed by atoms with van der Waals surface area (Å²) in [5.41, 5.74) is 20.4. The van der Waals surface area contributed by atoms with E-state index in [0.29, 0.717) is 0 Å². The number of hydrogen-bond donors (Lipinski definition) is 2. The van der Waals surface area contributed by atoms with Gasteiger partial charge in [0.15, 0.2) is 0 Å². The third-order valence-electron chi connectivity index (χ3n) is 4.59. The normalized spacial score (nSPS) is 10.6. The van der Waals surface area contributed by atoms with Gasteiger partial charge in [-0.1, -0.05) is 78.9 Å². The second-order valence-electron chi connectivity index (χ2n) is 6.37. The molecule has 4 aromatic carbocycles. The van der Waals surface area contributed by atoms with Gasteiger partial charge in [-0.25, -0.2) is 0 Å².